The second kappa shape index (κ2) is 6.23. The molecule has 1 aliphatic rings. The number of rotatable bonds is 4. The highest BCUT2D eigenvalue weighted by Crippen LogP contribution is 2.29. The molecule has 0 saturated heterocycles. The number of esters is 1. The molecule has 0 atom stereocenters. The maximum atomic E-state index is 11.8. The Morgan fingerprint density at radius 3 is 2.44 bits per heavy atom. The number of carbonyl (C=O) groups is 2. The molecule has 92 valence electrons. The Balaban J connectivity index is 2.70. The number of nitrogens with one attached hydrogen (secondary N) is 1. The third kappa shape index (κ3) is 3.20. The summed E-state index contributed by atoms with van der Waals surface area (Å²) >= 11 is 3.21. The van der Waals surface area contributed by atoms with Crippen molar-refractivity contribution in [3.05, 3.63) is 0 Å². The van der Waals surface area contributed by atoms with Crippen LogP contribution in [0, 0.1) is 0 Å². The second-order valence-electron chi connectivity index (χ2n) is 4.12. The molecular formula is C11H18BrNO3. The van der Waals surface area contributed by atoms with E-state index in [2.05, 4.69) is 21.2 Å². The van der Waals surface area contributed by atoms with Crippen molar-refractivity contribution in [1.29, 1.82) is 0 Å². The quantitative estimate of drug-likeness (QED) is 0.634. The van der Waals surface area contributed by atoms with Crippen LogP contribution in [0.2, 0.25) is 0 Å². The molecule has 5 heteroatoms. The summed E-state index contributed by atoms with van der Waals surface area (Å²) in [5.74, 6) is -0.403. The van der Waals surface area contributed by atoms with Crippen molar-refractivity contribution in [2.75, 3.05) is 12.4 Å². The van der Waals surface area contributed by atoms with Gasteiger partial charge in [-0.3, -0.25) is 4.79 Å². The van der Waals surface area contributed by atoms with E-state index in [1.165, 1.54) is 7.11 Å². The van der Waals surface area contributed by atoms with Gasteiger partial charge in [0.1, 0.15) is 5.54 Å². The summed E-state index contributed by atoms with van der Waals surface area (Å²) in [6, 6.07) is 0. The van der Waals surface area contributed by atoms with Crippen LogP contribution in [0.3, 0.4) is 0 Å². The summed E-state index contributed by atoms with van der Waals surface area (Å²) in [6.07, 6.45) is 4.81. The number of alkyl halides is 1. The molecule has 0 bridgehead atoms. The van der Waals surface area contributed by atoms with Crippen LogP contribution in [0.4, 0.5) is 0 Å². The zero-order valence-electron chi connectivity index (χ0n) is 9.55. The Hall–Kier alpha value is -0.580. The van der Waals surface area contributed by atoms with E-state index >= 15 is 0 Å². The van der Waals surface area contributed by atoms with E-state index in [1.54, 1.807) is 0 Å². The maximum Gasteiger partial charge on any atom is 0.331 e. The van der Waals surface area contributed by atoms with Gasteiger partial charge < -0.3 is 10.1 Å². The molecule has 16 heavy (non-hydrogen) atoms. The molecule has 1 N–H and O–H groups in total. The fraction of sp³-hybridized carbons (Fsp3) is 0.818. The summed E-state index contributed by atoms with van der Waals surface area (Å²) in [7, 11) is 1.37. The molecule has 0 heterocycles. The first-order valence-corrected chi connectivity index (χ1v) is 6.72. The number of carbonyl (C=O) groups excluding carboxylic acids is 2. The van der Waals surface area contributed by atoms with E-state index in [-0.39, 0.29) is 11.9 Å². The minimum absolute atomic E-state index is 0.0934. The van der Waals surface area contributed by atoms with Crippen LogP contribution >= 0.6 is 15.9 Å². The smallest absolute Gasteiger partial charge is 0.331 e. The zero-order chi connectivity index (χ0) is 12.0. The normalized spacial score (nSPS) is 18.9. The average molecular weight is 292 g/mol. The SMILES string of the molecule is COC(=O)C1(NC(=O)CCBr)CCCCC1. The molecule has 0 spiro atoms. The Labute approximate surface area is 104 Å². The van der Waals surface area contributed by atoms with Crippen molar-refractivity contribution >= 4 is 27.8 Å². The molecule has 0 radical (unpaired) electrons. The predicted octanol–water partition coefficient (Wildman–Crippen LogP) is 1.76. The summed E-state index contributed by atoms with van der Waals surface area (Å²) < 4.78 is 4.81. The standard InChI is InChI=1S/C11H18BrNO3/c1-16-10(15)11(6-3-2-4-7-11)13-9(14)5-8-12/h2-8H2,1H3,(H,13,14). The first-order valence-electron chi connectivity index (χ1n) is 5.60. The summed E-state index contributed by atoms with van der Waals surface area (Å²) in [4.78, 5) is 23.4. The molecule has 0 aromatic carbocycles. The summed E-state index contributed by atoms with van der Waals surface area (Å²) in [6.45, 7) is 0. The Kier molecular flexibility index (Phi) is 5.25. The Bertz CT molecular complexity index is 262. The lowest BCUT2D eigenvalue weighted by molar-refractivity contribution is -0.152. The largest absolute Gasteiger partial charge is 0.467 e. The first kappa shape index (κ1) is 13.5. The number of ether oxygens (including phenoxy) is 1. The monoisotopic (exact) mass is 291 g/mol. The van der Waals surface area contributed by atoms with E-state index in [0.29, 0.717) is 24.6 Å². The summed E-state index contributed by atoms with van der Waals surface area (Å²) in [5.41, 5.74) is -0.772. The third-order valence-corrected chi connectivity index (χ3v) is 3.38. The van der Waals surface area contributed by atoms with Gasteiger partial charge in [-0.15, -0.1) is 0 Å². The maximum absolute atomic E-state index is 11.8. The number of halogens is 1. The van der Waals surface area contributed by atoms with Gasteiger partial charge >= 0.3 is 5.97 Å². The van der Waals surface area contributed by atoms with Crippen molar-refractivity contribution in [1.82, 2.24) is 5.32 Å². The van der Waals surface area contributed by atoms with Gasteiger partial charge in [-0.05, 0) is 12.8 Å². The van der Waals surface area contributed by atoms with Gasteiger partial charge in [0.15, 0.2) is 0 Å². The fourth-order valence-corrected chi connectivity index (χ4v) is 2.51. The molecule has 0 aliphatic heterocycles. The first-order chi connectivity index (χ1) is 7.64. The topological polar surface area (TPSA) is 55.4 Å². The van der Waals surface area contributed by atoms with Crippen molar-refractivity contribution in [3.8, 4) is 0 Å². The predicted molar refractivity (Wildman–Crippen MR) is 64.4 cm³/mol. The van der Waals surface area contributed by atoms with E-state index in [1.807, 2.05) is 0 Å². The number of methoxy groups -OCH3 is 1. The van der Waals surface area contributed by atoms with Crippen molar-refractivity contribution in [2.24, 2.45) is 0 Å². The van der Waals surface area contributed by atoms with Gasteiger partial charge in [0.05, 0.1) is 7.11 Å². The lowest BCUT2D eigenvalue weighted by Gasteiger charge is -2.35. The molecule has 1 aliphatic carbocycles. The molecule has 0 unspecified atom stereocenters. The molecule has 1 saturated carbocycles. The highest BCUT2D eigenvalue weighted by Gasteiger charge is 2.41. The highest BCUT2D eigenvalue weighted by molar-refractivity contribution is 9.09. The second-order valence-corrected chi connectivity index (χ2v) is 4.91. The minimum Gasteiger partial charge on any atom is -0.467 e. The molecule has 1 fully saturated rings. The van der Waals surface area contributed by atoms with Gasteiger partial charge in [0, 0.05) is 11.8 Å². The zero-order valence-corrected chi connectivity index (χ0v) is 11.1. The fourth-order valence-electron chi connectivity index (χ4n) is 2.15. The van der Waals surface area contributed by atoms with Crippen molar-refractivity contribution < 1.29 is 14.3 Å². The van der Waals surface area contributed by atoms with Crippen molar-refractivity contribution in [3.63, 3.8) is 0 Å². The van der Waals surface area contributed by atoms with Crippen LogP contribution in [0.25, 0.3) is 0 Å². The van der Waals surface area contributed by atoms with Gasteiger partial charge in [-0.1, -0.05) is 35.2 Å². The molecule has 0 aromatic heterocycles. The van der Waals surface area contributed by atoms with Gasteiger partial charge in [0.2, 0.25) is 5.91 Å². The lowest BCUT2D eigenvalue weighted by Crippen LogP contribution is -2.56. The van der Waals surface area contributed by atoms with Crippen LogP contribution in [-0.4, -0.2) is 29.9 Å². The van der Waals surface area contributed by atoms with Crippen LogP contribution in [0.1, 0.15) is 38.5 Å². The number of hydrogen-bond donors (Lipinski definition) is 1. The van der Waals surface area contributed by atoms with Crippen molar-refractivity contribution in [2.45, 2.75) is 44.1 Å². The van der Waals surface area contributed by atoms with Crippen LogP contribution < -0.4 is 5.32 Å². The number of amides is 1. The lowest BCUT2D eigenvalue weighted by atomic mass is 9.81. The van der Waals surface area contributed by atoms with Gasteiger partial charge in [-0.25, -0.2) is 4.79 Å². The van der Waals surface area contributed by atoms with Gasteiger partial charge in [-0.2, -0.15) is 0 Å². The highest BCUT2D eigenvalue weighted by atomic mass is 79.9. The Morgan fingerprint density at radius 1 is 1.31 bits per heavy atom. The molecule has 4 nitrogen and oxygen atoms in total. The molecule has 1 rings (SSSR count). The van der Waals surface area contributed by atoms with Gasteiger partial charge in [0.25, 0.3) is 0 Å². The minimum atomic E-state index is -0.772. The van der Waals surface area contributed by atoms with E-state index in [9.17, 15) is 9.59 Å². The third-order valence-electron chi connectivity index (χ3n) is 2.98. The van der Waals surface area contributed by atoms with E-state index in [0.717, 1.165) is 19.3 Å². The van der Waals surface area contributed by atoms with Crippen LogP contribution in [0.15, 0.2) is 0 Å². The molecule has 1 amide bonds. The van der Waals surface area contributed by atoms with Crippen LogP contribution in [-0.2, 0) is 14.3 Å². The van der Waals surface area contributed by atoms with Crippen LogP contribution in [0.5, 0.6) is 0 Å². The average Bonchev–Trinajstić information content (AvgIpc) is 2.29. The molecule has 0 aromatic rings. The number of hydrogen-bond acceptors (Lipinski definition) is 3. The molecular weight excluding hydrogens is 274 g/mol. The summed E-state index contributed by atoms with van der Waals surface area (Å²) in [5, 5.41) is 3.45. The Morgan fingerprint density at radius 2 is 1.94 bits per heavy atom. The van der Waals surface area contributed by atoms with E-state index < -0.39 is 5.54 Å². The van der Waals surface area contributed by atoms with E-state index in [4.69, 9.17) is 4.74 Å².